The second-order valence-electron chi connectivity index (χ2n) is 5.20. The fourth-order valence-electron chi connectivity index (χ4n) is 2.02. The van der Waals surface area contributed by atoms with E-state index in [0.29, 0.717) is 5.69 Å². The number of halogens is 3. The molecule has 144 valence electrons. The van der Waals surface area contributed by atoms with E-state index >= 15 is 0 Å². The Kier molecular flexibility index (Phi) is 5.74. The summed E-state index contributed by atoms with van der Waals surface area (Å²) in [5, 5.41) is 0.877. The summed E-state index contributed by atoms with van der Waals surface area (Å²) in [6, 6.07) is 9.41. The second-order valence-corrected chi connectivity index (χ2v) is 6.78. The van der Waals surface area contributed by atoms with E-state index in [1.54, 1.807) is 0 Å². The van der Waals surface area contributed by atoms with E-state index in [9.17, 15) is 31.2 Å². The fraction of sp³-hybridized carbons (Fsp3) is 0.125. The Balaban J connectivity index is 2.24. The monoisotopic (exact) mass is 402 g/mol. The Labute approximate surface area is 152 Å². The van der Waals surface area contributed by atoms with Crippen molar-refractivity contribution < 1.29 is 35.9 Å². The van der Waals surface area contributed by atoms with Gasteiger partial charge in [0.1, 0.15) is 5.75 Å². The first-order valence-electron chi connectivity index (χ1n) is 7.27. The van der Waals surface area contributed by atoms with E-state index < -0.39 is 32.8 Å². The molecule has 0 bridgehead atoms. The van der Waals surface area contributed by atoms with Crippen molar-refractivity contribution in [2.24, 2.45) is 0 Å². The fourth-order valence-corrected chi connectivity index (χ4v) is 3.02. The van der Waals surface area contributed by atoms with Gasteiger partial charge in [-0.15, -0.1) is 13.2 Å². The normalized spacial score (nSPS) is 11.6. The number of alkyl halides is 3. The molecule has 1 amide bonds. The summed E-state index contributed by atoms with van der Waals surface area (Å²) in [5.74, 6) is -1.26. The lowest BCUT2D eigenvalue weighted by molar-refractivity contribution is -0.274. The highest BCUT2D eigenvalue weighted by Gasteiger charge is 2.35. The summed E-state index contributed by atoms with van der Waals surface area (Å²) in [4.78, 5) is 23.2. The van der Waals surface area contributed by atoms with Gasteiger partial charge in [0.05, 0.1) is 5.56 Å². The first kappa shape index (κ1) is 20.2. The molecule has 0 fully saturated rings. The molecule has 7 nitrogen and oxygen atoms in total. The van der Waals surface area contributed by atoms with Gasteiger partial charge < -0.3 is 10.1 Å². The van der Waals surface area contributed by atoms with E-state index in [1.165, 1.54) is 43.3 Å². The van der Waals surface area contributed by atoms with Gasteiger partial charge in [-0.05, 0) is 36.4 Å². The van der Waals surface area contributed by atoms with Crippen molar-refractivity contribution >= 4 is 32.4 Å². The van der Waals surface area contributed by atoms with Crippen LogP contribution in [0.5, 0.6) is 5.75 Å². The quantitative estimate of drug-likeness (QED) is 0.800. The van der Waals surface area contributed by atoms with Crippen molar-refractivity contribution in [3.63, 3.8) is 0 Å². The summed E-state index contributed by atoms with van der Waals surface area (Å²) in [6.07, 6.45) is -5.09. The molecule has 0 atom stereocenters. The molecule has 0 aliphatic carbocycles. The minimum atomic E-state index is -5.09. The number of rotatable bonds is 5. The molecule has 11 heteroatoms. The van der Waals surface area contributed by atoms with Gasteiger partial charge >= 0.3 is 21.5 Å². The molecule has 0 unspecified atom stereocenters. The molecule has 0 aromatic heterocycles. The summed E-state index contributed by atoms with van der Waals surface area (Å²) in [7, 11) is -4.70. The van der Waals surface area contributed by atoms with E-state index in [0.717, 1.165) is 12.1 Å². The van der Waals surface area contributed by atoms with Gasteiger partial charge in [-0.25, -0.2) is 0 Å². The molecule has 0 spiro atoms. The number of carbonyl (C=O) groups is 2. The van der Waals surface area contributed by atoms with Crippen LogP contribution in [-0.4, -0.2) is 25.8 Å². The smallest absolute Gasteiger partial charge is 0.405 e. The lowest BCUT2D eigenvalue weighted by atomic mass is 10.2. The highest BCUT2D eigenvalue weighted by Crippen LogP contribution is 2.28. The average Bonchev–Trinajstić information content (AvgIpc) is 2.54. The molecule has 27 heavy (non-hydrogen) atoms. The van der Waals surface area contributed by atoms with Crippen molar-refractivity contribution in [3.8, 4) is 5.75 Å². The van der Waals surface area contributed by atoms with Crippen molar-refractivity contribution in [1.82, 2.24) is 0 Å². The first-order valence-corrected chi connectivity index (χ1v) is 8.76. The van der Waals surface area contributed by atoms with Crippen molar-refractivity contribution in [2.75, 3.05) is 10.0 Å². The third-order valence-electron chi connectivity index (χ3n) is 3.03. The summed E-state index contributed by atoms with van der Waals surface area (Å²) in [5.41, 5.74) is -0.399. The van der Waals surface area contributed by atoms with E-state index in [-0.39, 0.29) is 11.6 Å². The molecule has 0 aliphatic rings. The number of hydrogen-bond acceptors (Lipinski definition) is 5. The van der Waals surface area contributed by atoms with Crippen LogP contribution < -0.4 is 14.8 Å². The predicted molar refractivity (Wildman–Crippen MR) is 90.7 cm³/mol. The second kappa shape index (κ2) is 7.66. The molecular formula is C16H13F3N2O5S. The van der Waals surface area contributed by atoms with Crippen molar-refractivity contribution in [1.29, 1.82) is 0 Å². The highest BCUT2D eigenvalue weighted by molar-refractivity contribution is 8.07. The van der Waals surface area contributed by atoms with Crippen LogP contribution in [0.2, 0.25) is 0 Å². The average molecular weight is 402 g/mol. The lowest BCUT2D eigenvalue weighted by Crippen LogP contribution is -2.25. The van der Waals surface area contributed by atoms with E-state index in [1.807, 2.05) is 4.72 Å². The maximum Gasteiger partial charge on any atom is 0.573 e. The molecule has 0 saturated heterocycles. The van der Waals surface area contributed by atoms with Gasteiger partial charge in [0.2, 0.25) is 5.91 Å². The SMILES string of the molecule is CC(=O)Nc1ccc(NS(=O)(=O)C(=O)c2ccccc2OC(F)(F)F)cc1. The standard InChI is InChI=1S/C16H13F3N2O5S/c1-10(22)20-11-6-8-12(9-7-11)21-27(24,25)15(23)13-4-2-3-5-14(13)26-16(17,18)19/h2-9,21H,1H3,(H,20,22). The molecule has 0 saturated carbocycles. The topological polar surface area (TPSA) is 102 Å². The number of nitrogens with one attached hydrogen (secondary N) is 2. The minimum Gasteiger partial charge on any atom is -0.405 e. The predicted octanol–water partition coefficient (Wildman–Crippen LogP) is 3.13. The zero-order valence-corrected chi connectivity index (χ0v) is 14.5. The van der Waals surface area contributed by atoms with Gasteiger partial charge in [-0.1, -0.05) is 12.1 Å². The van der Waals surface area contributed by atoms with Gasteiger partial charge in [-0.2, -0.15) is 8.42 Å². The molecule has 0 heterocycles. The van der Waals surface area contributed by atoms with Crippen LogP contribution in [-0.2, 0) is 14.8 Å². The van der Waals surface area contributed by atoms with Crippen LogP contribution >= 0.6 is 0 Å². The molecule has 0 aliphatic heterocycles. The molecule has 2 rings (SSSR count). The van der Waals surface area contributed by atoms with Crippen LogP contribution in [0.3, 0.4) is 0 Å². The molecular weight excluding hydrogens is 389 g/mol. The summed E-state index contributed by atoms with van der Waals surface area (Å²) >= 11 is 0. The zero-order valence-electron chi connectivity index (χ0n) is 13.7. The molecule has 2 aromatic carbocycles. The number of para-hydroxylation sites is 1. The number of hydrogen-bond donors (Lipinski definition) is 2. The number of sulfonamides is 1. The maximum absolute atomic E-state index is 12.4. The Morgan fingerprint density at radius 1 is 0.963 bits per heavy atom. The number of ether oxygens (including phenoxy) is 1. The van der Waals surface area contributed by atoms with Crippen molar-refractivity contribution in [2.45, 2.75) is 13.3 Å². The van der Waals surface area contributed by atoms with E-state index in [2.05, 4.69) is 10.1 Å². The third-order valence-corrected chi connectivity index (χ3v) is 4.25. The lowest BCUT2D eigenvalue weighted by Gasteiger charge is -2.13. The minimum absolute atomic E-state index is 0.0216. The van der Waals surface area contributed by atoms with Gasteiger partial charge in [0.25, 0.3) is 0 Å². The first-order chi connectivity index (χ1) is 12.5. The Morgan fingerprint density at radius 2 is 1.52 bits per heavy atom. The summed E-state index contributed by atoms with van der Waals surface area (Å²) < 4.78 is 67.4. The molecule has 2 N–H and O–H groups in total. The Hall–Kier alpha value is -3.08. The number of anilines is 2. The Bertz CT molecular complexity index is 957. The largest absolute Gasteiger partial charge is 0.573 e. The van der Waals surface area contributed by atoms with E-state index in [4.69, 9.17) is 0 Å². The van der Waals surface area contributed by atoms with Gasteiger partial charge in [0.15, 0.2) is 0 Å². The third kappa shape index (κ3) is 5.71. The summed E-state index contributed by atoms with van der Waals surface area (Å²) in [6.45, 7) is 1.29. The van der Waals surface area contributed by atoms with Gasteiger partial charge in [0, 0.05) is 18.3 Å². The van der Waals surface area contributed by atoms with Crippen LogP contribution in [0.4, 0.5) is 24.5 Å². The van der Waals surface area contributed by atoms with Crippen LogP contribution in [0, 0.1) is 0 Å². The van der Waals surface area contributed by atoms with Crippen molar-refractivity contribution in [3.05, 3.63) is 54.1 Å². The van der Waals surface area contributed by atoms with Crippen LogP contribution in [0.1, 0.15) is 17.3 Å². The zero-order chi connectivity index (χ0) is 20.2. The molecule has 0 radical (unpaired) electrons. The Morgan fingerprint density at radius 3 is 2.07 bits per heavy atom. The number of carbonyl (C=O) groups excluding carboxylic acids is 2. The highest BCUT2D eigenvalue weighted by atomic mass is 32.2. The number of amides is 1. The van der Waals surface area contributed by atoms with Gasteiger partial charge in [-0.3, -0.25) is 14.3 Å². The maximum atomic E-state index is 12.4. The number of benzene rings is 2. The van der Waals surface area contributed by atoms with Crippen LogP contribution in [0.15, 0.2) is 48.5 Å². The molecule has 2 aromatic rings. The van der Waals surface area contributed by atoms with Crippen LogP contribution in [0.25, 0.3) is 0 Å².